The normalized spacial score (nSPS) is 20.1. The van der Waals surface area contributed by atoms with Crippen LogP contribution in [0.1, 0.15) is 23.2 Å². The molecule has 0 amide bonds. The van der Waals surface area contributed by atoms with E-state index in [-0.39, 0.29) is 21.9 Å². The highest BCUT2D eigenvalue weighted by molar-refractivity contribution is 9.10. The fourth-order valence-electron chi connectivity index (χ4n) is 1.81. The predicted molar refractivity (Wildman–Crippen MR) is 59.4 cm³/mol. The van der Waals surface area contributed by atoms with Gasteiger partial charge in [0.1, 0.15) is 11.6 Å². The number of carbonyl (C=O) groups excluding carboxylic acids is 1. The van der Waals surface area contributed by atoms with E-state index >= 15 is 0 Å². The van der Waals surface area contributed by atoms with E-state index in [1.165, 1.54) is 0 Å². The van der Waals surface area contributed by atoms with Crippen LogP contribution in [0.25, 0.3) is 0 Å². The molecular weight excluding hydrogens is 280 g/mol. The fourth-order valence-corrected chi connectivity index (χ4v) is 2.12. The summed E-state index contributed by atoms with van der Waals surface area (Å²) in [7, 11) is 0. The zero-order chi connectivity index (χ0) is 11.7. The monoisotopic (exact) mass is 289 g/mol. The van der Waals surface area contributed by atoms with Crippen LogP contribution in [0.15, 0.2) is 16.6 Å². The standard InChI is InChI=1S/C11H10BrF2NO/c12-7-5-8(13)6(4-9(7)14)11(16)10-2-1-3-15-10/h4-5,10,15H,1-3H2. The third kappa shape index (κ3) is 2.15. The highest BCUT2D eigenvalue weighted by Crippen LogP contribution is 2.22. The number of nitrogens with one attached hydrogen (secondary N) is 1. The van der Waals surface area contributed by atoms with Crippen LogP contribution in [0.4, 0.5) is 8.78 Å². The summed E-state index contributed by atoms with van der Waals surface area (Å²) in [5, 5.41) is 2.97. The molecule has 1 aliphatic rings. The van der Waals surface area contributed by atoms with Gasteiger partial charge in [-0.3, -0.25) is 4.79 Å². The van der Waals surface area contributed by atoms with Crippen molar-refractivity contribution < 1.29 is 13.6 Å². The molecule has 0 aliphatic carbocycles. The molecule has 0 spiro atoms. The molecule has 1 atom stereocenters. The molecule has 2 nitrogen and oxygen atoms in total. The van der Waals surface area contributed by atoms with Crippen molar-refractivity contribution in [2.75, 3.05) is 6.54 Å². The highest BCUT2D eigenvalue weighted by Gasteiger charge is 2.26. The lowest BCUT2D eigenvalue weighted by Gasteiger charge is -2.10. The van der Waals surface area contributed by atoms with Gasteiger partial charge >= 0.3 is 0 Å². The molecule has 86 valence electrons. The van der Waals surface area contributed by atoms with Gasteiger partial charge in [-0.1, -0.05) is 0 Å². The van der Waals surface area contributed by atoms with Crippen LogP contribution in [0.3, 0.4) is 0 Å². The van der Waals surface area contributed by atoms with Crippen LogP contribution in [0.5, 0.6) is 0 Å². The number of halogens is 3. The molecule has 1 aromatic carbocycles. The quantitative estimate of drug-likeness (QED) is 0.670. The van der Waals surface area contributed by atoms with Crippen LogP contribution in [-0.4, -0.2) is 18.4 Å². The van der Waals surface area contributed by atoms with Gasteiger partial charge in [0.25, 0.3) is 0 Å². The minimum Gasteiger partial charge on any atom is -0.307 e. The Morgan fingerprint density at radius 2 is 2.12 bits per heavy atom. The molecule has 5 heteroatoms. The summed E-state index contributed by atoms with van der Waals surface area (Å²) in [6, 6.07) is 1.55. The van der Waals surface area contributed by atoms with Gasteiger partial charge in [0, 0.05) is 0 Å². The van der Waals surface area contributed by atoms with Crippen LogP contribution < -0.4 is 5.32 Å². The molecule has 1 aliphatic heterocycles. The van der Waals surface area contributed by atoms with E-state index in [1.54, 1.807) is 0 Å². The molecule has 1 unspecified atom stereocenters. The molecule has 1 heterocycles. The molecule has 0 radical (unpaired) electrons. The topological polar surface area (TPSA) is 29.1 Å². The maximum Gasteiger partial charge on any atom is 0.182 e. The van der Waals surface area contributed by atoms with Crippen molar-refractivity contribution in [3.05, 3.63) is 33.8 Å². The first-order chi connectivity index (χ1) is 7.59. The molecule has 0 aromatic heterocycles. The average Bonchev–Trinajstić information content (AvgIpc) is 2.75. The van der Waals surface area contributed by atoms with E-state index in [2.05, 4.69) is 21.2 Å². The summed E-state index contributed by atoms with van der Waals surface area (Å²) in [4.78, 5) is 11.8. The zero-order valence-electron chi connectivity index (χ0n) is 8.40. The van der Waals surface area contributed by atoms with Gasteiger partial charge < -0.3 is 5.32 Å². The first-order valence-electron chi connectivity index (χ1n) is 5.01. The van der Waals surface area contributed by atoms with Crippen molar-refractivity contribution in [2.24, 2.45) is 0 Å². The van der Waals surface area contributed by atoms with Gasteiger partial charge in [-0.05, 0) is 47.4 Å². The Hall–Kier alpha value is -0.810. The molecule has 1 N–H and O–H groups in total. The van der Waals surface area contributed by atoms with Crippen molar-refractivity contribution >= 4 is 21.7 Å². The molecule has 1 saturated heterocycles. The molecule has 0 bridgehead atoms. The number of benzene rings is 1. The van der Waals surface area contributed by atoms with Crippen molar-refractivity contribution in [3.63, 3.8) is 0 Å². The Labute approximate surface area is 100 Å². The van der Waals surface area contributed by atoms with Crippen molar-refractivity contribution in [3.8, 4) is 0 Å². The number of rotatable bonds is 2. The number of ketones is 1. The zero-order valence-corrected chi connectivity index (χ0v) is 9.98. The first kappa shape index (κ1) is 11.7. The van der Waals surface area contributed by atoms with E-state index in [0.717, 1.165) is 25.1 Å². The Balaban J connectivity index is 2.32. The van der Waals surface area contributed by atoms with E-state index in [0.29, 0.717) is 6.42 Å². The smallest absolute Gasteiger partial charge is 0.182 e. The lowest BCUT2D eigenvalue weighted by molar-refractivity contribution is 0.0947. The SMILES string of the molecule is O=C(c1cc(F)c(Br)cc1F)C1CCCN1. The Bertz CT molecular complexity index is 430. The maximum atomic E-state index is 13.5. The van der Waals surface area contributed by atoms with Gasteiger partial charge in [-0.15, -0.1) is 0 Å². The maximum absolute atomic E-state index is 13.5. The Morgan fingerprint density at radius 1 is 1.38 bits per heavy atom. The Morgan fingerprint density at radius 3 is 2.75 bits per heavy atom. The van der Waals surface area contributed by atoms with Crippen molar-refractivity contribution in [1.82, 2.24) is 5.32 Å². The lowest BCUT2D eigenvalue weighted by atomic mass is 10.0. The molecule has 16 heavy (non-hydrogen) atoms. The van der Waals surface area contributed by atoms with E-state index in [9.17, 15) is 13.6 Å². The van der Waals surface area contributed by atoms with Gasteiger partial charge in [0.15, 0.2) is 5.78 Å². The van der Waals surface area contributed by atoms with Crippen LogP contribution in [-0.2, 0) is 0 Å². The van der Waals surface area contributed by atoms with Crippen LogP contribution >= 0.6 is 15.9 Å². The predicted octanol–water partition coefficient (Wildman–Crippen LogP) is 2.66. The summed E-state index contributed by atoms with van der Waals surface area (Å²) >= 11 is 2.87. The second kappa shape index (κ2) is 4.59. The minimum absolute atomic E-state index is 0.0286. The summed E-state index contributed by atoms with van der Waals surface area (Å²) in [6.07, 6.45) is 1.56. The van der Waals surface area contributed by atoms with Crippen LogP contribution in [0.2, 0.25) is 0 Å². The third-order valence-electron chi connectivity index (χ3n) is 2.65. The van der Waals surface area contributed by atoms with Gasteiger partial charge in [-0.2, -0.15) is 0 Å². The van der Waals surface area contributed by atoms with Gasteiger partial charge in [-0.25, -0.2) is 8.78 Å². The fraction of sp³-hybridized carbons (Fsp3) is 0.364. The summed E-state index contributed by atoms with van der Waals surface area (Å²) in [6.45, 7) is 0.747. The van der Waals surface area contributed by atoms with Gasteiger partial charge in [0.2, 0.25) is 0 Å². The minimum atomic E-state index is -0.688. The second-order valence-electron chi connectivity index (χ2n) is 3.76. The molecule has 1 aromatic rings. The largest absolute Gasteiger partial charge is 0.307 e. The lowest BCUT2D eigenvalue weighted by Crippen LogP contribution is -2.31. The molecular formula is C11H10BrF2NO. The average molecular weight is 290 g/mol. The van der Waals surface area contributed by atoms with E-state index < -0.39 is 11.6 Å². The first-order valence-corrected chi connectivity index (χ1v) is 5.81. The molecule has 0 saturated carbocycles. The summed E-state index contributed by atoms with van der Waals surface area (Å²) in [5.74, 6) is -1.68. The number of hydrogen-bond donors (Lipinski definition) is 1. The van der Waals surface area contributed by atoms with Crippen molar-refractivity contribution in [1.29, 1.82) is 0 Å². The van der Waals surface area contributed by atoms with E-state index in [4.69, 9.17) is 0 Å². The highest BCUT2D eigenvalue weighted by atomic mass is 79.9. The summed E-state index contributed by atoms with van der Waals surface area (Å²) < 4.78 is 26.7. The molecule has 2 rings (SSSR count). The second-order valence-corrected chi connectivity index (χ2v) is 4.61. The summed E-state index contributed by atoms with van der Waals surface area (Å²) in [5.41, 5.74) is -0.180. The van der Waals surface area contributed by atoms with Gasteiger partial charge in [0.05, 0.1) is 16.1 Å². The third-order valence-corrected chi connectivity index (χ3v) is 3.26. The van der Waals surface area contributed by atoms with E-state index in [1.807, 2.05) is 0 Å². The number of Topliss-reactive ketones (excluding diaryl/α,β-unsaturated/α-hetero) is 1. The van der Waals surface area contributed by atoms with Crippen LogP contribution in [0, 0.1) is 11.6 Å². The molecule has 1 fully saturated rings. The van der Waals surface area contributed by atoms with Crippen molar-refractivity contribution in [2.45, 2.75) is 18.9 Å². The Kier molecular flexibility index (Phi) is 3.35. The number of hydrogen-bond acceptors (Lipinski definition) is 2. The number of carbonyl (C=O) groups is 1.